The van der Waals surface area contributed by atoms with Crippen LogP contribution in [0.25, 0.3) is 5.57 Å². The van der Waals surface area contributed by atoms with Crippen molar-refractivity contribution in [2.45, 2.75) is 13.3 Å². The summed E-state index contributed by atoms with van der Waals surface area (Å²) in [6.07, 6.45) is 2.72. The van der Waals surface area contributed by atoms with E-state index in [0.717, 1.165) is 49.5 Å². The summed E-state index contributed by atoms with van der Waals surface area (Å²) in [6, 6.07) is 7.77. The Kier molecular flexibility index (Phi) is 5.18. The minimum atomic E-state index is 0.0807. The molecule has 1 heterocycles. The van der Waals surface area contributed by atoms with E-state index in [-0.39, 0.29) is 5.91 Å². The molecule has 1 saturated heterocycles. The Morgan fingerprint density at radius 3 is 2.90 bits per heavy atom. The number of allylic oxidation sites excluding steroid dienone is 1. The van der Waals surface area contributed by atoms with Crippen molar-refractivity contribution in [3.63, 3.8) is 0 Å². The molecule has 0 atom stereocenters. The number of nitrogens with zero attached hydrogens (tertiary/aromatic N) is 1. The van der Waals surface area contributed by atoms with Gasteiger partial charge in [-0.15, -0.1) is 0 Å². The first kappa shape index (κ1) is 14.6. The molecule has 0 spiro atoms. The van der Waals surface area contributed by atoms with Crippen LogP contribution in [0.5, 0.6) is 5.75 Å². The number of para-hydroxylation sites is 1. The van der Waals surface area contributed by atoms with E-state index in [4.69, 9.17) is 4.74 Å². The highest BCUT2D eigenvalue weighted by Gasteiger charge is 2.14. The molecule has 2 rings (SSSR count). The average Bonchev–Trinajstić information content (AvgIpc) is 2.76. The maximum atomic E-state index is 12.3. The molecule has 108 valence electrons. The molecule has 1 aliphatic rings. The lowest BCUT2D eigenvalue weighted by atomic mass is 10.1. The second-order valence-corrected chi connectivity index (χ2v) is 4.96. The van der Waals surface area contributed by atoms with Crippen molar-refractivity contribution in [3.8, 4) is 5.75 Å². The van der Waals surface area contributed by atoms with Crippen LogP contribution in [0.15, 0.2) is 30.3 Å². The number of rotatable bonds is 3. The van der Waals surface area contributed by atoms with Crippen LogP contribution in [0, 0.1) is 0 Å². The number of benzene rings is 1. The highest BCUT2D eigenvalue weighted by Crippen LogP contribution is 2.25. The van der Waals surface area contributed by atoms with Crippen LogP contribution in [0.4, 0.5) is 0 Å². The number of nitrogens with one attached hydrogen (secondary N) is 1. The lowest BCUT2D eigenvalue weighted by Crippen LogP contribution is -2.33. The lowest BCUT2D eigenvalue weighted by molar-refractivity contribution is -0.125. The summed E-state index contributed by atoms with van der Waals surface area (Å²) in [6.45, 7) is 5.40. The van der Waals surface area contributed by atoms with Gasteiger partial charge in [0.25, 0.3) is 0 Å². The second-order valence-electron chi connectivity index (χ2n) is 4.96. The van der Waals surface area contributed by atoms with Gasteiger partial charge in [-0.05, 0) is 31.5 Å². The number of carbonyl (C=O) groups is 1. The van der Waals surface area contributed by atoms with Crippen molar-refractivity contribution in [1.82, 2.24) is 10.2 Å². The molecule has 1 aliphatic heterocycles. The van der Waals surface area contributed by atoms with E-state index in [9.17, 15) is 4.79 Å². The highest BCUT2D eigenvalue weighted by molar-refractivity contribution is 5.95. The van der Waals surface area contributed by atoms with E-state index in [0.29, 0.717) is 0 Å². The topological polar surface area (TPSA) is 41.6 Å². The predicted octanol–water partition coefficient (Wildman–Crippen LogP) is 1.92. The molecule has 1 fully saturated rings. The number of methoxy groups -OCH3 is 1. The van der Waals surface area contributed by atoms with Crippen molar-refractivity contribution in [2.75, 3.05) is 33.3 Å². The second kappa shape index (κ2) is 7.10. The molecule has 1 aromatic rings. The van der Waals surface area contributed by atoms with Gasteiger partial charge in [0.15, 0.2) is 0 Å². The molecule has 0 aliphatic carbocycles. The van der Waals surface area contributed by atoms with E-state index in [1.807, 2.05) is 36.1 Å². The van der Waals surface area contributed by atoms with Crippen LogP contribution in [0.1, 0.15) is 18.9 Å². The first-order chi connectivity index (χ1) is 9.72. The molecule has 0 bridgehead atoms. The Labute approximate surface area is 120 Å². The van der Waals surface area contributed by atoms with Gasteiger partial charge in [-0.3, -0.25) is 4.79 Å². The van der Waals surface area contributed by atoms with Gasteiger partial charge >= 0.3 is 0 Å². The third-order valence-corrected chi connectivity index (χ3v) is 3.52. The Bertz CT molecular complexity index is 489. The van der Waals surface area contributed by atoms with Gasteiger partial charge < -0.3 is 15.0 Å². The fourth-order valence-corrected chi connectivity index (χ4v) is 2.39. The lowest BCUT2D eigenvalue weighted by Gasteiger charge is -2.18. The molecular formula is C16H22N2O2. The molecule has 0 unspecified atom stereocenters. The van der Waals surface area contributed by atoms with Gasteiger partial charge in [-0.2, -0.15) is 0 Å². The summed E-state index contributed by atoms with van der Waals surface area (Å²) in [5.41, 5.74) is 1.90. The van der Waals surface area contributed by atoms with Crippen molar-refractivity contribution in [1.29, 1.82) is 0 Å². The Morgan fingerprint density at radius 2 is 2.10 bits per heavy atom. The molecule has 1 aromatic carbocycles. The standard InChI is InChI=1S/C16H22N2O2/c1-13(14-6-3-4-7-15(14)20-2)12-16(19)18-10-5-8-17-9-11-18/h3-4,6-7,12,17H,5,8-11H2,1-2H3/b13-12+. The zero-order chi connectivity index (χ0) is 14.4. The zero-order valence-electron chi connectivity index (χ0n) is 12.2. The molecule has 0 saturated carbocycles. The van der Waals surface area contributed by atoms with Gasteiger partial charge in [0.1, 0.15) is 5.75 Å². The number of amides is 1. The van der Waals surface area contributed by atoms with Crippen LogP contribution in [0.3, 0.4) is 0 Å². The minimum absolute atomic E-state index is 0.0807. The molecule has 0 aromatic heterocycles. The summed E-state index contributed by atoms with van der Waals surface area (Å²) in [5.74, 6) is 0.878. The quantitative estimate of drug-likeness (QED) is 0.856. The summed E-state index contributed by atoms with van der Waals surface area (Å²) in [4.78, 5) is 14.2. The Hall–Kier alpha value is -1.81. The van der Waals surface area contributed by atoms with Gasteiger partial charge in [0.05, 0.1) is 7.11 Å². The average molecular weight is 274 g/mol. The SMILES string of the molecule is COc1ccccc1/C(C)=C/C(=O)N1CCCNCC1. The van der Waals surface area contributed by atoms with Crippen LogP contribution in [-0.4, -0.2) is 44.1 Å². The van der Waals surface area contributed by atoms with Crippen molar-refractivity contribution < 1.29 is 9.53 Å². The molecule has 4 heteroatoms. The number of carbonyl (C=O) groups excluding carboxylic acids is 1. The third-order valence-electron chi connectivity index (χ3n) is 3.52. The fourth-order valence-electron chi connectivity index (χ4n) is 2.39. The summed E-state index contributed by atoms with van der Waals surface area (Å²) >= 11 is 0. The number of ether oxygens (including phenoxy) is 1. The predicted molar refractivity (Wildman–Crippen MR) is 80.7 cm³/mol. The van der Waals surface area contributed by atoms with Crippen LogP contribution >= 0.6 is 0 Å². The third kappa shape index (κ3) is 3.61. The Balaban J connectivity index is 2.14. The summed E-state index contributed by atoms with van der Waals surface area (Å²) in [5, 5.41) is 3.30. The first-order valence-corrected chi connectivity index (χ1v) is 7.03. The molecule has 20 heavy (non-hydrogen) atoms. The van der Waals surface area contributed by atoms with Crippen molar-refractivity contribution in [2.24, 2.45) is 0 Å². The zero-order valence-corrected chi connectivity index (χ0v) is 12.2. The Morgan fingerprint density at radius 1 is 1.30 bits per heavy atom. The number of hydrogen-bond acceptors (Lipinski definition) is 3. The van der Waals surface area contributed by atoms with Gasteiger partial charge in [-0.1, -0.05) is 18.2 Å². The maximum absolute atomic E-state index is 12.3. The maximum Gasteiger partial charge on any atom is 0.246 e. The normalized spacial score (nSPS) is 16.7. The minimum Gasteiger partial charge on any atom is -0.496 e. The van der Waals surface area contributed by atoms with Gasteiger partial charge in [-0.25, -0.2) is 0 Å². The summed E-state index contributed by atoms with van der Waals surface area (Å²) < 4.78 is 5.34. The monoisotopic (exact) mass is 274 g/mol. The summed E-state index contributed by atoms with van der Waals surface area (Å²) in [7, 11) is 1.65. The van der Waals surface area contributed by atoms with E-state index >= 15 is 0 Å². The molecular weight excluding hydrogens is 252 g/mol. The first-order valence-electron chi connectivity index (χ1n) is 7.03. The van der Waals surface area contributed by atoms with Gasteiger partial charge in [0.2, 0.25) is 5.91 Å². The molecule has 1 N–H and O–H groups in total. The fraction of sp³-hybridized carbons (Fsp3) is 0.438. The van der Waals surface area contributed by atoms with Crippen LogP contribution in [-0.2, 0) is 4.79 Å². The van der Waals surface area contributed by atoms with E-state index in [1.54, 1.807) is 13.2 Å². The van der Waals surface area contributed by atoms with E-state index in [1.165, 1.54) is 0 Å². The van der Waals surface area contributed by atoms with Crippen LogP contribution in [0.2, 0.25) is 0 Å². The van der Waals surface area contributed by atoms with E-state index in [2.05, 4.69) is 5.32 Å². The molecule has 0 radical (unpaired) electrons. The van der Waals surface area contributed by atoms with E-state index < -0.39 is 0 Å². The van der Waals surface area contributed by atoms with Crippen molar-refractivity contribution >= 4 is 11.5 Å². The number of hydrogen-bond donors (Lipinski definition) is 1. The smallest absolute Gasteiger partial charge is 0.246 e. The largest absolute Gasteiger partial charge is 0.496 e. The molecule has 1 amide bonds. The van der Waals surface area contributed by atoms with Crippen molar-refractivity contribution in [3.05, 3.63) is 35.9 Å². The van der Waals surface area contributed by atoms with Crippen LogP contribution < -0.4 is 10.1 Å². The van der Waals surface area contributed by atoms with Gasteiger partial charge in [0, 0.05) is 31.3 Å². The highest BCUT2D eigenvalue weighted by atomic mass is 16.5. The molecule has 4 nitrogen and oxygen atoms in total.